The van der Waals surface area contributed by atoms with E-state index >= 15 is 0 Å². The minimum absolute atomic E-state index is 0. The van der Waals surface area contributed by atoms with Gasteiger partial charge in [-0.25, -0.2) is 4.99 Å². The van der Waals surface area contributed by atoms with Crippen molar-refractivity contribution in [1.82, 2.24) is 20.0 Å². The Morgan fingerprint density at radius 2 is 2.10 bits per heavy atom. The number of halogens is 1. The van der Waals surface area contributed by atoms with E-state index in [2.05, 4.69) is 28.4 Å². The average molecular weight is 527 g/mol. The molecule has 1 aromatic heterocycles. The van der Waals surface area contributed by atoms with E-state index in [0.29, 0.717) is 19.1 Å². The summed E-state index contributed by atoms with van der Waals surface area (Å²) in [5.74, 6) is 3.14. The third-order valence-electron chi connectivity index (χ3n) is 5.14. The molecule has 1 N–H and O–H groups in total. The first-order chi connectivity index (χ1) is 14.1. The Labute approximate surface area is 196 Å². The minimum Gasteiger partial charge on any atom is -0.493 e. The van der Waals surface area contributed by atoms with Crippen molar-refractivity contribution in [2.24, 2.45) is 18.0 Å². The molecule has 1 aromatic carbocycles. The smallest absolute Gasteiger partial charge is 0.194 e. The Kier molecular flexibility index (Phi) is 9.74. The van der Waals surface area contributed by atoms with Crippen molar-refractivity contribution in [1.29, 1.82) is 0 Å². The van der Waals surface area contributed by atoms with Crippen LogP contribution in [0.15, 0.2) is 35.6 Å². The molecule has 0 spiro atoms. The van der Waals surface area contributed by atoms with Crippen molar-refractivity contribution < 1.29 is 9.47 Å². The zero-order chi connectivity index (χ0) is 20.6. The maximum absolute atomic E-state index is 5.69. The number of aliphatic imine (C=N–C) groups is 1. The number of hydrogen-bond donors (Lipinski definition) is 1. The largest absolute Gasteiger partial charge is 0.493 e. The van der Waals surface area contributed by atoms with Crippen LogP contribution in [0.3, 0.4) is 0 Å². The molecule has 0 radical (unpaired) electrons. The lowest BCUT2D eigenvalue weighted by Crippen LogP contribution is -2.40. The Balaban J connectivity index is 0.00000320. The summed E-state index contributed by atoms with van der Waals surface area (Å²) in [5.41, 5.74) is 2.42. The number of methoxy groups -OCH3 is 1. The summed E-state index contributed by atoms with van der Waals surface area (Å²) in [7, 11) is 3.63. The monoisotopic (exact) mass is 527 g/mol. The molecule has 1 aliphatic rings. The summed E-state index contributed by atoms with van der Waals surface area (Å²) in [5, 5.41) is 7.73. The molecule has 0 amide bonds. The van der Waals surface area contributed by atoms with E-state index in [4.69, 9.17) is 14.5 Å². The molecule has 1 atom stereocenters. The van der Waals surface area contributed by atoms with Gasteiger partial charge in [0.05, 0.1) is 26.5 Å². The van der Waals surface area contributed by atoms with Crippen molar-refractivity contribution >= 4 is 29.9 Å². The Bertz CT molecular complexity index is 824. The first-order valence-electron chi connectivity index (χ1n) is 10.4. The molecule has 7 nitrogen and oxygen atoms in total. The van der Waals surface area contributed by atoms with Gasteiger partial charge in [-0.2, -0.15) is 5.10 Å². The van der Waals surface area contributed by atoms with E-state index < -0.39 is 0 Å². The fourth-order valence-corrected chi connectivity index (χ4v) is 3.78. The number of rotatable bonds is 8. The Morgan fingerprint density at radius 3 is 2.77 bits per heavy atom. The van der Waals surface area contributed by atoms with Gasteiger partial charge >= 0.3 is 0 Å². The molecule has 2 heterocycles. The zero-order valence-electron chi connectivity index (χ0n) is 18.4. The van der Waals surface area contributed by atoms with Crippen molar-refractivity contribution in [2.75, 3.05) is 33.4 Å². The second kappa shape index (κ2) is 12.0. The molecule has 0 saturated carbocycles. The highest BCUT2D eigenvalue weighted by Crippen LogP contribution is 2.28. The number of nitrogens with zero attached hydrogens (tertiary/aromatic N) is 4. The number of likely N-dealkylation sites (tertiary alicyclic amines) is 1. The van der Waals surface area contributed by atoms with Crippen molar-refractivity contribution in [3.8, 4) is 11.5 Å². The lowest BCUT2D eigenvalue weighted by atomic mass is 10.0. The molecule has 0 aliphatic carbocycles. The molecule has 8 heteroatoms. The standard InChI is InChI=1S/C22H33N5O2.HI/c1-5-23-22(24-13-17-7-8-20(28-4)21(12-17)29-6-2)27-10-9-18(16-27)11-19-14-25-26(3)15-19;/h7-8,12,14-15,18H,5-6,9-11,13,16H2,1-4H3,(H,23,24);1H. The van der Waals surface area contributed by atoms with Crippen LogP contribution in [0.1, 0.15) is 31.4 Å². The van der Waals surface area contributed by atoms with E-state index in [1.165, 1.54) is 12.0 Å². The van der Waals surface area contributed by atoms with Gasteiger partial charge in [-0.15, -0.1) is 24.0 Å². The number of aryl methyl sites for hydroxylation is 1. The summed E-state index contributed by atoms with van der Waals surface area (Å²) < 4.78 is 12.9. The third kappa shape index (κ3) is 6.52. The fourth-order valence-electron chi connectivity index (χ4n) is 3.78. The number of benzene rings is 1. The van der Waals surface area contributed by atoms with Crippen LogP contribution < -0.4 is 14.8 Å². The fraction of sp³-hybridized carbons (Fsp3) is 0.545. The highest BCUT2D eigenvalue weighted by atomic mass is 127. The van der Waals surface area contributed by atoms with Crippen LogP contribution in [0.2, 0.25) is 0 Å². The van der Waals surface area contributed by atoms with Crippen LogP contribution in [0.25, 0.3) is 0 Å². The number of ether oxygens (including phenoxy) is 2. The van der Waals surface area contributed by atoms with Crippen LogP contribution in [-0.4, -0.2) is 54.0 Å². The molecule has 1 aliphatic heterocycles. The third-order valence-corrected chi connectivity index (χ3v) is 5.14. The van der Waals surface area contributed by atoms with Gasteiger partial charge in [-0.3, -0.25) is 4.68 Å². The molecular weight excluding hydrogens is 493 g/mol. The summed E-state index contributed by atoms with van der Waals surface area (Å²) in [6.45, 7) is 8.21. The van der Waals surface area contributed by atoms with E-state index in [1.807, 2.05) is 43.0 Å². The van der Waals surface area contributed by atoms with Crippen LogP contribution >= 0.6 is 24.0 Å². The van der Waals surface area contributed by atoms with Gasteiger partial charge in [0.2, 0.25) is 0 Å². The molecule has 3 rings (SSSR count). The predicted molar refractivity (Wildman–Crippen MR) is 131 cm³/mol. The average Bonchev–Trinajstić information content (AvgIpc) is 3.35. The lowest BCUT2D eigenvalue weighted by molar-refractivity contribution is 0.310. The molecule has 0 bridgehead atoms. The van der Waals surface area contributed by atoms with Gasteiger partial charge in [-0.1, -0.05) is 6.07 Å². The maximum atomic E-state index is 5.69. The van der Waals surface area contributed by atoms with Gasteiger partial charge in [0.1, 0.15) is 0 Å². The molecule has 2 aromatic rings. The number of hydrogen-bond acceptors (Lipinski definition) is 4. The van der Waals surface area contributed by atoms with Crippen molar-refractivity contribution in [3.05, 3.63) is 41.7 Å². The molecular formula is C22H34IN5O2. The quantitative estimate of drug-likeness (QED) is 0.324. The van der Waals surface area contributed by atoms with Gasteiger partial charge in [0.15, 0.2) is 17.5 Å². The molecule has 1 fully saturated rings. The second-order valence-electron chi connectivity index (χ2n) is 7.42. The number of nitrogens with one attached hydrogen (secondary N) is 1. The zero-order valence-corrected chi connectivity index (χ0v) is 20.8. The maximum Gasteiger partial charge on any atom is 0.194 e. The second-order valence-corrected chi connectivity index (χ2v) is 7.42. The summed E-state index contributed by atoms with van der Waals surface area (Å²) in [4.78, 5) is 7.26. The van der Waals surface area contributed by atoms with Gasteiger partial charge in [-0.05, 0) is 55.9 Å². The Hall–Kier alpha value is -1.97. The number of guanidine groups is 1. The lowest BCUT2D eigenvalue weighted by Gasteiger charge is -2.21. The molecule has 1 saturated heterocycles. The molecule has 166 valence electrons. The molecule has 30 heavy (non-hydrogen) atoms. The summed E-state index contributed by atoms with van der Waals surface area (Å²) in [6.07, 6.45) is 6.33. The highest BCUT2D eigenvalue weighted by molar-refractivity contribution is 14.0. The van der Waals surface area contributed by atoms with E-state index in [-0.39, 0.29) is 24.0 Å². The van der Waals surface area contributed by atoms with Gasteiger partial charge in [0.25, 0.3) is 0 Å². The first kappa shape index (κ1) is 24.3. The van der Waals surface area contributed by atoms with Crippen molar-refractivity contribution in [2.45, 2.75) is 33.2 Å². The summed E-state index contributed by atoms with van der Waals surface area (Å²) in [6, 6.07) is 6.01. The first-order valence-corrected chi connectivity index (χ1v) is 10.4. The highest BCUT2D eigenvalue weighted by Gasteiger charge is 2.25. The van der Waals surface area contributed by atoms with Gasteiger partial charge < -0.3 is 19.7 Å². The van der Waals surface area contributed by atoms with Crippen LogP contribution in [0.4, 0.5) is 0 Å². The Morgan fingerprint density at radius 1 is 1.27 bits per heavy atom. The topological polar surface area (TPSA) is 63.9 Å². The number of aromatic nitrogens is 2. The van der Waals surface area contributed by atoms with E-state index in [1.54, 1.807) is 7.11 Å². The van der Waals surface area contributed by atoms with E-state index in [9.17, 15) is 0 Å². The van der Waals surface area contributed by atoms with E-state index in [0.717, 1.165) is 49.1 Å². The van der Waals surface area contributed by atoms with Crippen molar-refractivity contribution in [3.63, 3.8) is 0 Å². The van der Waals surface area contributed by atoms with Crippen LogP contribution in [-0.2, 0) is 20.0 Å². The van der Waals surface area contributed by atoms with Gasteiger partial charge in [0, 0.05) is 32.9 Å². The van der Waals surface area contributed by atoms with Crippen LogP contribution in [0, 0.1) is 5.92 Å². The summed E-state index contributed by atoms with van der Waals surface area (Å²) >= 11 is 0. The molecule has 1 unspecified atom stereocenters. The minimum atomic E-state index is 0. The predicted octanol–water partition coefficient (Wildman–Crippen LogP) is 3.48. The van der Waals surface area contributed by atoms with Crippen LogP contribution in [0.5, 0.6) is 11.5 Å². The normalized spacial score (nSPS) is 16.3. The SMILES string of the molecule is CCNC(=NCc1ccc(OC)c(OCC)c1)N1CCC(Cc2cnn(C)c2)C1.I.